The monoisotopic (exact) mass is 282 g/mol. The van der Waals surface area contributed by atoms with Gasteiger partial charge in [0.2, 0.25) is 11.0 Å². The van der Waals surface area contributed by atoms with Crippen LogP contribution in [0.15, 0.2) is 28.6 Å². The molecule has 0 aliphatic heterocycles. The number of carbonyl (C=O) groups excluding carboxylic acids is 1. The Kier molecular flexibility index (Phi) is 4.00. The van der Waals surface area contributed by atoms with Crippen molar-refractivity contribution < 1.29 is 9.90 Å². The lowest BCUT2D eigenvalue weighted by Crippen LogP contribution is -2.13. The number of aromatic nitrogens is 2. The van der Waals surface area contributed by atoms with E-state index >= 15 is 0 Å². The van der Waals surface area contributed by atoms with Crippen molar-refractivity contribution in [2.75, 3.05) is 16.8 Å². The Morgan fingerprint density at radius 2 is 2.11 bits per heavy atom. The number of nitrogen functional groups attached to an aromatic ring is 1. The first-order valence-electron chi connectivity index (χ1n) is 4.94. The van der Waals surface area contributed by atoms with E-state index in [0.717, 1.165) is 0 Å². The van der Waals surface area contributed by atoms with Gasteiger partial charge in [0.25, 0.3) is 0 Å². The van der Waals surface area contributed by atoms with E-state index in [2.05, 4.69) is 15.5 Å². The van der Waals surface area contributed by atoms with E-state index in [-0.39, 0.29) is 17.4 Å². The molecule has 94 valence electrons. The Labute approximate surface area is 111 Å². The van der Waals surface area contributed by atoms with Crippen LogP contribution in [0, 0.1) is 0 Å². The van der Waals surface area contributed by atoms with E-state index in [1.807, 2.05) is 0 Å². The van der Waals surface area contributed by atoms with E-state index in [4.69, 9.17) is 10.8 Å². The van der Waals surface area contributed by atoms with Crippen LogP contribution in [-0.4, -0.2) is 27.0 Å². The number of hydrogen-bond acceptors (Lipinski definition) is 7. The number of thioether (sulfide) groups is 1. The largest absolute Gasteiger partial charge is 0.508 e. The lowest BCUT2D eigenvalue weighted by atomic mass is 10.3. The Bertz CT molecular complexity index is 541. The summed E-state index contributed by atoms with van der Waals surface area (Å²) in [4.78, 5) is 11.6. The summed E-state index contributed by atoms with van der Waals surface area (Å²) in [5, 5.41) is 19.6. The van der Waals surface area contributed by atoms with Crippen molar-refractivity contribution in [1.82, 2.24) is 10.2 Å². The van der Waals surface area contributed by atoms with Crippen LogP contribution < -0.4 is 11.1 Å². The van der Waals surface area contributed by atoms with Crippen molar-refractivity contribution in [2.45, 2.75) is 4.34 Å². The number of phenols is 1. The number of amides is 1. The molecule has 6 nitrogen and oxygen atoms in total. The second kappa shape index (κ2) is 5.69. The van der Waals surface area contributed by atoms with E-state index in [0.29, 0.717) is 15.2 Å². The molecule has 0 saturated carbocycles. The zero-order valence-electron chi connectivity index (χ0n) is 9.16. The van der Waals surface area contributed by atoms with Crippen LogP contribution >= 0.6 is 23.1 Å². The molecule has 8 heteroatoms. The van der Waals surface area contributed by atoms with E-state index in [1.165, 1.54) is 35.2 Å². The molecule has 18 heavy (non-hydrogen) atoms. The third kappa shape index (κ3) is 3.60. The molecular weight excluding hydrogens is 272 g/mol. The van der Waals surface area contributed by atoms with Crippen LogP contribution in [0.3, 0.4) is 0 Å². The summed E-state index contributed by atoms with van der Waals surface area (Å²) in [6.07, 6.45) is 0. The van der Waals surface area contributed by atoms with Crippen LogP contribution in [0.1, 0.15) is 0 Å². The number of hydrogen-bond donors (Lipinski definition) is 3. The first-order chi connectivity index (χ1) is 8.63. The molecule has 0 spiro atoms. The van der Waals surface area contributed by atoms with Crippen LogP contribution in [0.25, 0.3) is 0 Å². The molecule has 2 rings (SSSR count). The highest BCUT2D eigenvalue weighted by atomic mass is 32.2. The fourth-order valence-electron chi connectivity index (χ4n) is 1.15. The maximum Gasteiger partial charge on any atom is 0.234 e. The zero-order chi connectivity index (χ0) is 13.0. The second-order valence-corrected chi connectivity index (χ2v) is 5.52. The topological polar surface area (TPSA) is 101 Å². The van der Waals surface area contributed by atoms with Crippen LogP contribution in [0.2, 0.25) is 0 Å². The summed E-state index contributed by atoms with van der Waals surface area (Å²) >= 11 is 2.52. The number of aromatic hydroxyl groups is 1. The molecule has 0 unspecified atom stereocenters. The highest BCUT2D eigenvalue weighted by Gasteiger charge is 2.07. The van der Waals surface area contributed by atoms with Crippen molar-refractivity contribution in [3.63, 3.8) is 0 Å². The van der Waals surface area contributed by atoms with Gasteiger partial charge in [0.05, 0.1) is 5.75 Å². The van der Waals surface area contributed by atoms with E-state index in [1.54, 1.807) is 12.1 Å². The molecule has 0 aliphatic carbocycles. The number of carbonyl (C=O) groups is 1. The van der Waals surface area contributed by atoms with Gasteiger partial charge in [-0.15, -0.1) is 10.2 Å². The minimum absolute atomic E-state index is 0.153. The van der Waals surface area contributed by atoms with Gasteiger partial charge in [0, 0.05) is 5.69 Å². The Balaban J connectivity index is 1.83. The summed E-state index contributed by atoms with van der Waals surface area (Å²) in [5.74, 6) is 0.237. The number of benzene rings is 1. The molecule has 0 bridgehead atoms. The van der Waals surface area contributed by atoms with Crippen LogP contribution in [-0.2, 0) is 4.79 Å². The molecule has 0 atom stereocenters. The molecule has 1 heterocycles. The van der Waals surface area contributed by atoms with Gasteiger partial charge < -0.3 is 16.2 Å². The summed E-state index contributed by atoms with van der Waals surface area (Å²) in [6, 6.07) is 6.27. The van der Waals surface area contributed by atoms with Gasteiger partial charge in [-0.25, -0.2) is 0 Å². The predicted molar refractivity (Wildman–Crippen MR) is 71.8 cm³/mol. The van der Waals surface area contributed by atoms with Crippen molar-refractivity contribution in [2.24, 2.45) is 0 Å². The Morgan fingerprint density at radius 3 is 2.72 bits per heavy atom. The average molecular weight is 282 g/mol. The number of rotatable bonds is 4. The molecule has 0 fully saturated rings. The summed E-state index contributed by atoms with van der Waals surface area (Å²) in [7, 11) is 0. The SMILES string of the molecule is Nc1nnc(SCC(=O)Nc2ccc(O)cc2)s1. The van der Waals surface area contributed by atoms with Crippen molar-refractivity contribution in [1.29, 1.82) is 0 Å². The Hall–Kier alpha value is -1.80. The number of nitrogens with one attached hydrogen (secondary N) is 1. The fourth-order valence-corrected chi connectivity index (χ4v) is 2.58. The first-order valence-corrected chi connectivity index (χ1v) is 6.74. The fraction of sp³-hybridized carbons (Fsp3) is 0.100. The normalized spacial score (nSPS) is 10.2. The maximum absolute atomic E-state index is 11.6. The smallest absolute Gasteiger partial charge is 0.234 e. The zero-order valence-corrected chi connectivity index (χ0v) is 10.8. The standard InChI is InChI=1S/C10H10N4O2S2/c11-9-13-14-10(18-9)17-5-8(16)12-6-1-3-7(15)4-2-6/h1-4,15H,5H2,(H2,11,13)(H,12,16). The number of anilines is 2. The number of phenolic OH excluding ortho intramolecular Hbond substituents is 1. The molecule has 1 aromatic carbocycles. The summed E-state index contributed by atoms with van der Waals surface area (Å²) in [5.41, 5.74) is 6.06. The second-order valence-electron chi connectivity index (χ2n) is 3.29. The predicted octanol–water partition coefficient (Wildman–Crippen LogP) is 1.56. The van der Waals surface area contributed by atoms with Gasteiger partial charge in [-0.05, 0) is 24.3 Å². The molecule has 0 aliphatic rings. The maximum atomic E-state index is 11.6. The van der Waals surface area contributed by atoms with E-state index in [9.17, 15) is 4.79 Å². The Morgan fingerprint density at radius 1 is 1.39 bits per heavy atom. The first kappa shape index (κ1) is 12.7. The molecular formula is C10H10N4O2S2. The lowest BCUT2D eigenvalue weighted by molar-refractivity contribution is -0.113. The van der Waals surface area contributed by atoms with Crippen molar-refractivity contribution >= 4 is 39.8 Å². The average Bonchev–Trinajstić information content (AvgIpc) is 2.76. The molecule has 0 radical (unpaired) electrons. The van der Waals surface area contributed by atoms with Gasteiger partial charge in [0.1, 0.15) is 5.75 Å². The highest BCUT2D eigenvalue weighted by molar-refractivity contribution is 8.01. The van der Waals surface area contributed by atoms with Gasteiger partial charge in [-0.2, -0.15) is 0 Å². The summed E-state index contributed by atoms with van der Waals surface area (Å²) in [6.45, 7) is 0. The highest BCUT2D eigenvalue weighted by Crippen LogP contribution is 2.23. The lowest BCUT2D eigenvalue weighted by Gasteiger charge is -2.03. The molecule has 2 aromatic rings. The van der Waals surface area contributed by atoms with E-state index < -0.39 is 0 Å². The number of nitrogens with two attached hydrogens (primary N) is 1. The molecule has 4 N–H and O–H groups in total. The van der Waals surface area contributed by atoms with Gasteiger partial charge in [0.15, 0.2) is 4.34 Å². The molecule has 1 amide bonds. The van der Waals surface area contributed by atoms with Gasteiger partial charge in [-0.1, -0.05) is 23.1 Å². The van der Waals surface area contributed by atoms with Crippen LogP contribution in [0.5, 0.6) is 5.75 Å². The summed E-state index contributed by atoms with van der Waals surface area (Å²) < 4.78 is 0.661. The van der Waals surface area contributed by atoms with Crippen molar-refractivity contribution in [3.8, 4) is 5.75 Å². The van der Waals surface area contributed by atoms with Gasteiger partial charge >= 0.3 is 0 Å². The van der Waals surface area contributed by atoms with Crippen LogP contribution in [0.4, 0.5) is 10.8 Å². The minimum atomic E-state index is -0.153. The van der Waals surface area contributed by atoms with Gasteiger partial charge in [-0.3, -0.25) is 4.79 Å². The molecule has 1 aromatic heterocycles. The number of nitrogens with zero attached hydrogens (tertiary/aromatic N) is 2. The minimum Gasteiger partial charge on any atom is -0.508 e. The third-order valence-electron chi connectivity index (χ3n) is 1.90. The quantitative estimate of drug-likeness (QED) is 0.581. The third-order valence-corrected chi connectivity index (χ3v) is 3.79. The van der Waals surface area contributed by atoms with Crippen molar-refractivity contribution in [3.05, 3.63) is 24.3 Å². The molecule has 0 saturated heterocycles.